The van der Waals surface area contributed by atoms with Crippen LogP contribution in [-0.4, -0.2) is 41.1 Å². The Morgan fingerprint density at radius 3 is 2.73 bits per heavy atom. The molecule has 1 saturated heterocycles. The van der Waals surface area contributed by atoms with Gasteiger partial charge in [0.05, 0.1) is 12.2 Å². The van der Waals surface area contributed by atoms with E-state index in [-0.39, 0.29) is 24.1 Å². The largest absolute Gasteiger partial charge is 0.353 e. The number of carbonyl (C=O) groups excluding carboxylic acids is 2. The second kappa shape index (κ2) is 6.65. The van der Waals surface area contributed by atoms with Gasteiger partial charge in [0.25, 0.3) is 5.91 Å². The zero-order chi connectivity index (χ0) is 18.3. The number of benzene rings is 1. The molecule has 26 heavy (non-hydrogen) atoms. The fourth-order valence-corrected chi connectivity index (χ4v) is 4.30. The molecule has 3 fully saturated rings. The van der Waals surface area contributed by atoms with Crippen molar-refractivity contribution in [2.24, 2.45) is 5.92 Å². The van der Waals surface area contributed by atoms with Crippen molar-refractivity contribution in [1.82, 2.24) is 10.2 Å². The first-order valence-corrected chi connectivity index (χ1v) is 9.53. The van der Waals surface area contributed by atoms with Crippen molar-refractivity contribution in [3.05, 3.63) is 35.6 Å². The smallest absolute Gasteiger partial charge is 0.259 e. The van der Waals surface area contributed by atoms with Crippen molar-refractivity contribution in [3.8, 4) is 0 Å². The van der Waals surface area contributed by atoms with Crippen molar-refractivity contribution in [2.45, 2.75) is 63.3 Å². The van der Waals surface area contributed by atoms with Crippen molar-refractivity contribution in [1.29, 1.82) is 0 Å². The number of nitrogens with one attached hydrogen (secondary N) is 1. The molecule has 2 aliphatic carbocycles. The molecule has 0 bridgehead atoms. The van der Waals surface area contributed by atoms with Gasteiger partial charge < -0.3 is 10.1 Å². The van der Waals surface area contributed by atoms with E-state index in [0.717, 1.165) is 25.7 Å². The van der Waals surface area contributed by atoms with Crippen LogP contribution in [0.15, 0.2) is 24.3 Å². The summed E-state index contributed by atoms with van der Waals surface area (Å²) in [6.45, 7) is 2.30. The van der Waals surface area contributed by atoms with E-state index in [1.165, 1.54) is 12.1 Å². The van der Waals surface area contributed by atoms with Crippen LogP contribution < -0.4 is 5.32 Å². The Bertz CT molecular complexity index is 721. The maximum Gasteiger partial charge on any atom is 0.259 e. The van der Waals surface area contributed by atoms with Gasteiger partial charge in [0, 0.05) is 6.04 Å². The molecule has 0 unspecified atom stereocenters. The second-order valence-corrected chi connectivity index (χ2v) is 7.91. The van der Waals surface area contributed by atoms with Crippen LogP contribution in [-0.2, 0) is 9.53 Å². The second-order valence-electron chi connectivity index (χ2n) is 7.91. The van der Waals surface area contributed by atoms with E-state index in [2.05, 4.69) is 12.2 Å². The molecule has 1 heterocycles. The SMILES string of the molecule is C[C@@H]1CCC[C@]2(C1)OC[C@@H](C(=O)NC1CC1)N2C(=O)c1ccccc1F. The third kappa shape index (κ3) is 3.11. The zero-order valence-corrected chi connectivity index (χ0v) is 15.0. The number of rotatable bonds is 3. The molecule has 1 N–H and O–H groups in total. The number of carbonyl (C=O) groups is 2. The molecule has 3 aliphatic rings. The molecule has 1 aliphatic heterocycles. The van der Waals surface area contributed by atoms with Crippen LogP contribution in [0.2, 0.25) is 0 Å². The lowest BCUT2D eigenvalue weighted by Gasteiger charge is -2.43. The lowest BCUT2D eigenvalue weighted by Crippen LogP contribution is -2.57. The van der Waals surface area contributed by atoms with Gasteiger partial charge in [0.2, 0.25) is 5.91 Å². The summed E-state index contributed by atoms with van der Waals surface area (Å²) in [5.41, 5.74) is -0.803. The van der Waals surface area contributed by atoms with E-state index in [1.807, 2.05) is 0 Å². The maximum atomic E-state index is 14.3. The molecule has 6 heteroatoms. The van der Waals surface area contributed by atoms with E-state index >= 15 is 0 Å². The van der Waals surface area contributed by atoms with Gasteiger partial charge in [-0.25, -0.2) is 4.39 Å². The summed E-state index contributed by atoms with van der Waals surface area (Å²) < 4.78 is 20.4. The number of hydrogen-bond donors (Lipinski definition) is 1. The molecule has 3 atom stereocenters. The Morgan fingerprint density at radius 2 is 2.04 bits per heavy atom. The zero-order valence-electron chi connectivity index (χ0n) is 15.0. The van der Waals surface area contributed by atoms with Gasteiger partial charge in [-0.3, -0.25) is 14.5 Å². The van der Waals surface area contributed by atoms with Gasteiger partial charge >= 0.3 is 0 Å². The lowest BCUT2D eigenvalue weighted by molar-refractivity contribution is -0.128. The average molecular weight is 360 g/mol. The Kier molecular flexibility index (Phi) is 4.47. The van der Waals surface area contributed by atoms with E-state index < -0.39 is 23.5 Å². The van der Waals surface area contributed by atoms with Crippen molar-refractivity contribution in [3.63, 3.8) is 0 Å². The van der Waals surface area contributed by atoms with Gasteiger partial charge in [-0.15, -0.1) is 0 Å². The van der Waals surface area contributed by atoms with Crippen LogP contribution in [0.5, 0.6) is 0 Å². The molecule has 1 aromatic carbocycles. The highest BCUT2D eigenvalue weighted by Crippen LogP contribution is 2.43. The molecule has 0 radical (unpaired) electrons. The minimum atomic E-state index is -0.803. The Hall–Kier alpha value is -1.95. The van der Waals surface area contributed by atoms with Crippen LogP contribution in [0, 0.1) is 11.7 Å². The number of amides is 2. The fourth-order valence-electron chi connectivity index (χ4n) is 4.30. The minimum Gasteiger partial charge on any atom is -0.353 e. The van der Waals surface area contributed by atoms with E-state index in [0.29, 0.717) is 18.8 Å². The average Bonchev–Trinajstić information content (AvgIpc) is 3.35. The van der Waals surface area contributed by atoms with Crippen LogP contribution >= 0.6 is 0 Å². The van der Waals surface area contributed by atoms with Crippen LogP contribution in [0.25, 0.3) is 0 Å². The normalized spacial score (nSPS) is 31.2. The minimum absolute atomic E-state index is 0.000163. The molecular formula is C20H25FN2O3. The van der Waals surface area contributed by atoms with E-state index in [4.69, 9.17) is 4.74 Å². The summed E-state index contributed by atoms with van der Waals surface area (Å²) in [4.78, 5) is 27.6. The highest BCUT2D eigenvalue weighted by Gasteiger charge is 2.54. The molecule has 5 nitrogen and oxygen atoms in total. The van der Waals surface area contributed by atoms with Crippen LogP contribution in [0.3, 0.4) is 0 Å². The summed E-state index contributed by atoms with van der Waals surface area (Å²) in [6, 6.07) is 5.46. The molecule has 1 spiro atoms. The Labute approximate surface area is 152 Å². The summed E-state index contributed by atoms with van der Waals surface area (Å²) in [7, 11) is 0. The first-order valence-electron chi connectivity index (χ1n) is 9.53. The lowest BCUT2D eigenvalue weighted by atomic mass is 9.83. The van der Waals surface area contributed by atoms with E-state index in [1.54, 1.807) is 17.0 Å². The standard InChI is InChI=1S/C20H25FN2O3/c1-13-5-4-10-20(11-13)23(19(25)15-6-2-3-7-16(15)21)17(12-26-20)18(24)22-14-8-9-14/h2-3,6-7,13-14,17H,4-5,8-12H2,1H3,(H,22,24)/t13-,17+,20-/m1/s1. The summed E-state index contributed by atoms with van der Waals surface area (Å²) >= 11 is 0. The van der Waals surface area contributed by atoms with Crippen molar-refractivity contribution in [2.75, 3.05) is 6.61 Å². The summed E-state index contributed by atoms with van der Waals surface area (Å²) in [6.07, 6.45) is 5.32. The monoisotopic (exact) mass is 360 g/mol. The van der Waals surface area contributed by atoms with Gasteiger partial charge in [0.1, 0.15) is 17.6 Å². The topological polar surface area (TPSA) is 58.6 Å². The Morgan fingerprint density at radius 1 is 1.27 bits per heavy atom. The van der Waals surface area contributed by atoms with Gasteiger partial charge in [-0.2, -0.15) is 0 Å². The van der Waals surface area contributed by atoms with Crippen LogP contribution in [0.4, 0.5) is 4.39 Å². The summed E-state index contributed by atoms with van der Waals surface area (Å²) in [5.74, 6) is -0.812. The molecule has 2 amide bonds. The highest BCUT2D eigenvalue weighted by molar-refractivity contribution is 5.98. The van der Waals surface area contributed by atoms with Gasteiger partial charge in [0.15, 0.2) is 0 Å². The summed E-state index contributed by atoms with van der Waals surface area (Å²) in [5, 5.41) is 2.97. The van der Waals surface area contributed by atoms with Crippen molar-refractivity contribution >= 4 is 11.8 Å². The molecule has 2 saturated carbocycles. The predicted octanol–water partition coefficient (Wildman–Crippen LogP) is 2.85. The van der Waals surface area contributed by atoms with Crippen molar-refractivity contribution < 1.29 is 18.7 Å². The highest BCUT2D eigenvalue weighted by atomic mass is 19.1. The van der Waals surface area contributed by atoms with Crippen LogP contribution in [0.1, 0.15) is 55.8 Å². The quantitative estimate of drug-likeness (QED) is 0.902. The number of hydrogen-bond acceptors (Lipinski definition) is 3. The third-order valence-electron chi connectivity index (χ3n) is 5.74. The molecule has 0 aromatic heterocycles. The molecule has 140 valence electrons. The number of halogens is 1. The first-order chi connectivity index (χ1) is 12.5. The van der Waals surface area contributed by atoms with E-state index in [9.17, 15) is 14.0 Å². The maximum absolute atomic E-state index is 14.3. The van der Waals surface area contributed by atoms with Gasteiger partial charge in [-0.05, 0) is 50.2 Å². The first kappa shape index (κ1) is 17.5. The molecule has 4 rings (SSSR count). The Balaban J connectivity index is 1.68. The number of ether oxygens (including phenoxy) is 1. The number of nitrogens with zero attached hydrogens (tertiary/aromatic N) is 1. The predicted molar refractivity (Wildman–Crippen MR) is 93.8 cm³/mol. The van der Waals surface area contributed by atoms with Gasteiger partial charge in [-0.1, -0.05) is 25.5 Å². The molecule has 1 aromatic rings. The molecular weight excluding hydrogens is 335 g/mol. The fraction of sp³-hybridized carbons (Fsp3) is 0.600. The third-order valence-corrected chi connectivity index (χ3v) is 5.74.